The van der Waals surface area contributed by atoms with Crippen LogP contribution in [0.15, 0.2) is 59.5 Å². The first kappa shape index (κ1) is 23.5. The Morgan fingerprint density at radius 3 is 2.24 bits per heavy atom. The van der Waals surface area contributed by atoms with Crippen molar-refractivity contribution in [1.82, 2.24) is 0 Å². The van der Waals surface area contributed by atoms with Crippen LogP contribution in [0.25, 0.3) is 22.3 Å². The summed E-state index contributed by atoms with van der Waals surface area (Å²) in [5.41, 5.74) is 15.3. The lowest BCUT2D eigenvalue weighted by atomic mass is 9.91. The van der Waals surface area contributed by atoms with Gasteiger partial charge in [0, 0.05) is 5.56 Å². The predicted molar refractivity (Wildman–Crippen MR) is 125 cm³/mol. The van der Waals surface area contributed by atoms with Gasteiger partial charge in [0.05, 0.1) is 21.7 Å². The van der Waals surface area contributed by atoms with Crippen LogP contribution in [0.2, 0.25) is 0 Å². The maximum atomic E-state index is 12.3. The molecule has 0 fully saturated rings. The van der Waals surface area contributed by atoms with Crippen molar-refractivity contribution in [2.45, 2.75) is 11.8 Å². The summed E-state index contributed by atoms with van der Waals surface area (Å²) < 4.78 is 28.1. The van der Waals surface area contributed by atoms with Crippen molar-refractivity contribution < 1.29 is 22.7 Å². The van der Waals surface area contributed by atoms with Crippen LogP contribution in [0.3, 0.4) is 0 Å². The highest BCUT2D eigenvalue weighted by Crippen LogP contribution is 2.36. The van der Waals surface area contributed by atoms with Gasteiger partial charge in [0.2, 0.25) is 10.0 Å². The molecule has 0 aromatic heterocycles. The smallest absolute Gasteiger partial charge is 0.339 e. The minimum Gasteiger partial charge on any atom is -0.449 e. The van der Waals surface area contributed by atoms with E-state index >= 15 is 0 Å². The molecular weight excluding hydrogens is 442 g/mol. The number of carbonyl (C=O) groups is 2. The summed E-state index contributed by atoms with van der Waals surface area (Å²) in [6, 6.07) is 14.0. The van der Waals surface area contributed by atoms with Gasteiger partial charge in [-0.3, -0.25) is 4.79 Å². The average Bonchev–Trinajstić information content (AvgIpc) is 2.77. The molecule has 3 rings (SSSR count). The summed E-state index contributed by atoms with van der Waals surface area (Å²) in [5, 5.41) is 5.16. The summed E-state index contributed by atoms with van der Waals surface area (Å²) >= 11 is 0. The number of hydrogen-bond donors (Lipinski definition) is 3. The van der Waals surface area contributed by atoms with Crippen LogP contribution in [0.5, 0.6) is 0 Å². The van der Waals surface area contributed by atoms with Crippen molar-refractivity contribution >= 4 is 27.6 Å². The van der Waals surface area contributed by atoms with Crippen LogP contribution in [-0.2, 0) is 14.8 Å². The Morgan fingerprint density at radius 2 is 1.67 bits per heavy atom. The Labute approximate surface area is 191 Å². The van der Waals surface area contributed by atoms with Gasteiger partial charge in [-0.15, -0.1) is 6.42 Å². The molecule has 0 saturated heterocycles. The van der Waals surface area contributed by atoms with E-state index in [4.69, 9.17) is 27.8 Å². The molecule has 168 valence electrons. The molecule has 1 amide bonds. The Hall–Kier alpha value is -4.13. The quantitative estimate of drug-likeness (QED) is 0.290. The van der Waals surface area contributed by atoms with Crippen LogP contribution in [0.4, 0.5) is 5.69 Å². The van der Waals surface area contributed by atoms with E-state index in [2.05, 4.69) is 5.92 Å². The summed E-state index contributed by atoms with van der Waals surface area (Å²) in [7, 11) is -3.87. The molecule has 0 aliphatic rings. The molecule has 33 heavy (non-hydrogen) atoms. The number of rotatable bonds is 6. The molecule has 0 radical (unpaired) electrons. The molecule has 3 aromatic carbocycles. The van der Waals surface area contributed by atoms with Gasteiger partial charge in [0.25, 0.3) is 5.91 Å². The van der Waals surface area contributed by atoms with E-state index in [-0.39, 0.29) is 28.3 Å². The Balaban J connectivity index is 2.19. The third kappa shape index (κ3) is 5.03. The van der Waals surface area contributed by atoms with Gasteiger partial charge in [-0.1, -0.05) is 24.1 Å². The zero-order valence-corrected chi connectivity index (χ0v) is 18.5. The molecule has 0 atom stereocenters. The summed E-state index contributed by atoms with van der Waals surface area (Å²) in [5.74, 6) is 0.916. The fourth-order valence-electron chi connectivity index (χ4n) is 3.33. The number of amides is 1. The molecule has 6 N–H and O–H groups in total. The van der Waals surface area contributed by atoms with Crippen LogP contribution < -0.4 is 16.6 Å². The fourth-order valence-corrected chi connectivity index (χ4v) is 3.84. The standard InChI is InChI=1S/C24H21N3O5S/c1-3-10-32-24(29)16-5-4-14(2)19(11-16)17-12-20(22(25)21(13-17)23(26)28)15-6-8-18(9-7-15)33(27,30)31/h1,4-9,11-13H,10,25H2,2H3,(H2,26,28)(H2,27,30,31). The van der Waals surface area contributed by atoms with E-state index in [1.54, 1.807) is 30.3 Å². The maximum absolute atomic E-state index is 12.3. The highest BCUT2D eigenvalue weighted by atomic mass is 32.2. The zero-order chi connectivity index (χ0) is 24.3. The first-order chi connectivity index (χ1) is 15.5. The largest absolute Gasteiger partial charge is 0.449 e. The van der Waals surface area contributed by atoms with Crippen molar-refractivity contribution in [1.29, 1.82) is 0 Å². The van der Waals surface area contributed by atoms with E-state index < -0.39 is 21.9 Å². The molecule has 9 heteroatoms. The number of primary sulfonamides is 1. The first-order valence-corrected chi connectivity index (χ1v) is 11.2. The number of primary amides is 1. The van der Waals surface area contributed by atoms with E-state index in [0.717, 1.165) is 5.56 Å². The Bertz CT molecular complexity index is 1410. The lowest BCUT2D eigenvalue weighted by Crippen LogP contribution is -2.14. The molecule has 8 nitrogen and oxygen atoms in total. The number of ether oxygens (including phenoxy) is 1. The van der Waals surface area contributed by atoms with E-state index in [1.807, 2.05) is 6.92 Å². The minimum atomic E-state index is -3.87. The molecule has 0 spiro atoms. The van der Waals surface area contributed by atoms with Gasteiger partial charge < -0.3 is 16.2 Å². The third-order valence-electron chi connectivity index (χ3n) is 5.01. The fraction of sp³-hybridized carbons (Fsp3) is 0.0833. The second kappa shape index (κ2) is 9.16. The SMILES string of the molecule is C#CCOC(=O)c1ccc(C)c(-c2cc(C(N)=O)c(N)c(-c3ccc(S(N)(=O)=O)cc3)c2)c1. The number of sulfonamides is 1. The zero-order valence-electron chi connectivity index (χ0n) is 17.7. The molecule has 0 unspecified atom stereocenters. The van der Waals surface area contributed by atoms with Crippen molar-refractivity contribution in [2.75, 3.05) is 12.3 Å². The molecule has 0 heterocycles. The van der Waals surface area contributed by atoms with Crippen LogP contribution in [0, 0.1) is 19.3 Å². The number of nitrogens with two attached hydrogens (primary N) is 3. The van der Waals surface area contributed by atoms with Gasteiger partial charge in [-0.25, -0.2) is 18.4 Å². The summed E-state index contributed by atoms with van der Waals surface area (Å²) in [4.78, 5) is 24.3. The number of carbonyl (C=O) groups excluding carboxylic acids is 2. The van der Waals surface area contributed by atoms with Crippen molar-refractivity contribution in [3.05, 3.63) is 71.3 Å². The monoisotopic (exact) mass is 463 g/mol. The lowest BCUT2D eigenvalue weighted by Gasteiger charge is -2.15. The van der Waals surface area contributed by atoms with Gasteiger partial charge in [0.1, 0.15) is 0 Å². The third-order valence-corrected chi connectivity index (χ3v) is 5.94. The average molecular weight is 464 g/mol. The normalized spacial score (nSPS) is 10.9. The van der Waals surface area contributed by atoms with Crippen LogP contribution in [-0.4, -0.2) is 26.9 Å². The van der Waals surface area contributed by atoms with E-state index in [1.165, 1.54) is 24.3 Å². The second-order valence-electron chi connectivity index (χ2n) is 7.23. The highest BCUT2D eigenvalue weighted by Gasteiger charge is 2.18. The number of terminal acetylenes is 1. The minimum absolute atomic E-state index is 0.0647. The Kier molecular flexibility index (Phi) is 6.53. The van der Waals surface area contributed by atoms with Crippen LogP contribution in [0.1, 0.15) is 26.3 Å². The first-order valence-electron chi connectivity index (χ1n) is 9.61. The maximum Gasteiger partial charge on any atom is 0.339 e. The van der Waals surface area contributed by atoms with Gasteiger partial charge >= 0.3 is 5.97 Å². The summed E-state index contributed by atoms with van der Waals surface area (Å²) in [6.45, 7) is 1.68. The summed E-state index contributed by atoms with van der Waals surface area (Å²) in [6.07, 6.45) is 5.14. The number of hydrogen-bond acceptors (Lipinski definition) is 6. The molecule has 0 bridgehead atoms. The Morgan fingerprint density at radius 1 is 1.00 bits per heavy atom. The van der Waals surface area contributed by atoms with E-state index in [0.29, 0.717) is 22.3 Å². The molecule has 3 aromatic rings. The van der Waals surface area contributed by atoms with Crippen molar-refractivity contribution in [3.8, 4) is 34.6 Å². The van der Waals surface area contributed by atoms with Gasteiger partial charge in [-0.2, -0.15) is 0 Å². The highest BCUT2D eigenvalue weighted by molar-refractivity contribution is 7.89. The molecule has 0 aliphatic carbocycles. The van der Waals surface area contributed by atoms with E-state index in [9.17, 15) is 18.0 Å². The van der Waals surface area contributed by atoms with Crippen LogP contribution >= 0.6 is 0 Å². The van der Waals surface area contributed by atoms with Crippen molar-refractivity contribution in [3.63, 3.8) is 0 Å². The number of anilines is 1. The van der Waals surface area contributed by atoms with Gasteiger partial charge in [-0.05, 0) is 65.6 Å². The number of esters is 1. The second-order valence-corrected chi connectivity index (χ2v) is 8.79. The van der Waals surface area contributed by atoms with Gasteiger partial charge in [0.15, 0.2) is 6.61 Å². The molecule has 0 aliphatic heterocycles. The number of aryl methyl sites for hydroxylation is 1. The molecular formula is C24H21N3O5S. The van der Waals surface area contributed by atoms with Crippen molar-refractivity contribution in [2.24, 2.45) is 10.9 Å². The number of nitrogen functional groups attached to an aromatic ring is 1. The predicted octanol–water partition coefficient (Wildman–Crippen LogP) is 2.45. The number of benzene rings is 3. The topological polar surface area (TPSA) is 156 Å². The lowest BCUT2D eigenvalue weighted by molar-refractivity contribution is 0.0556. The molecule has 0 saturated carbocycles.